The molecule has 0 bridgehead atoms. The summed E-state index contributed by atoms with van der Waals surface area (Å²) in [5, 5.41) is 17.0. The first-order chi connectivity index (χ1) is 8.97. The molecule has 2 aromatic heterocycles. The molecule has 0 aliphatic rings. The molecule has 9 heteroatoms. The number of carbonyl (C=O) groups is 1. The maximum atomic E-state index is 11.8. The van der Waals surface area contributed by atoms with Gasteiger partial charge < -0.3 is 5.32 Å². The first-order valence-electron chi connectivity index (χ1n) is 5.08. The highest BCUT2D eigenvalue weighted by molar-refractivity contribution is 6.34. The monoisotopic (exact) mass is 281 g/mol. The Bertz CT molecular complexity index is 637. The zero-order chi connectivity index (χ0) is 14.0. The van der Waals surface area contributed by atoms with Crippen molar-refractivity contribution >= 4 is 29.0 Å². The van der Waals surface area contributed by atoms with Gasteiger partial charge in [-0.3, -0.25) is 19.6 Å². The van der Waals surface area contributed by atoms with E-state index in [1.54, 1.807) is 7.05 Å². The highest BCUT2D eigenvalue weighted by Gasteiger charge is 2.15. The maximum absolute atomic E-state index is 11.8. The molecule has 0 radical (unpaired) electrons. The van der Waals surface area contributed by atoms with E-state index in [1.165, 1.54) is 23.0 Å². The Balaban J connectivity index is 2.15. The Labute approximate surface area is 112 Å². The van der Waals surface area contributed by atoms with Crippen LogP contribution in [0.2, 0.25) is 5.02 Å². The van der Waals surface area contributed by atoms with E-state index in [0.717, 1.165) is 6.20 Å². The van der Waals surface area contributed by atoms with E-state index in [9.17, 15) is 14.9 Å². The van der Waals surface area contributed by atoms with Crippen LogP contribution in [0.3, 0.4) is 0 Å². The van der Waals surface area contributed by atoms with Crippen molar-refractivity contribution in [3.63, 3.8) is 0 Å². The first-order valence-corrected chi connectivity index (χ1v) is 5.46. The summed E-state index contributed by atoms with van der Waals surface area (Å²) < 4.78 is 1.40. The van der Waals surface area contributed by atoms with E-state index in [2.05, 4.69) is 15.4 Å². The number of amides is 1. The molecule has 2 heterocycles. The summed E-state index contributed by atoms with van der Waals surface area (Å²) in [6, 6.07) is 2.57. The molecule has 19 heavy (non-hydrogen) atoms. The van der Waals surface area contributed by atoms with Crippen molar-refractivity contribution in [2.45, 2.75) is 0 Å². The number of nitrogens with one attached hydrogen (secondary N) is 1. The quantitative estimate of drug-likeness (QED) is 0.680. The number of anilines is 1. The van der Waals surface area contributed by atoms with Crippen LogP contribution in [-0.4, -0.2) is 25.6 Å². The summed E-state index contributed by atoms with van der Waals surface area (Å²) in [6.45, 7) is 0. The van der Waals surface area contributed by atoms with Gasteiger partial charge in [-0.05, 0) is 6.07 Å². The molecular weight excluding hydrogens is 274 g/mol. The Morgan fingerprint density at radius 1 is 1.53 bits per heavy atom. The van der Waals surface area contributed by atoms with Crippen molar-refractivity contribution in [3.8, 4) is 0 Å². The van der Waals surface area contributed by atoms with Gasteiger partial charge in [0.05, 0.1) is 9.95 Å². The third-order valence-corrected chi connectivity index (χ3v) is 2.48. The summed E-state index contributed by atoms with van der Waals surface area (Å²) in [6.07, 6.45) is 2.54. The van der Waals surface area contributed by atoms with Gasteiger partial charge in [0.2, 0.25) is 0 Å². The topological polar surface area (TPSA) is 103 Å². The lowest BCUT2D eigenvalue weighted by Gasteiger charge is -2.01. The van der Waals surface area contributed by atoms with Crippen molar-refractivity contribution < 1.29 is 9.72 Å². The lowest BCUT2D eigenvalue weighted by Crippen LogP contribution is -2.14. The molecule has 1 amide bonds. The van der Waals surface area contributed by atoms with Crippen LogP contribution in [-0.2, 0) is 7.05 Å². The number of aromatic nitrogens is 3. The third kappa shape index (κ3) is 2.86. The van der Waals surface area contributed by atoms with Crippen molar-refractivity contribution in [3.05, 3.63) is 45.4 Å². The molecule has 0 aliphatic carbocycles. The number of hydrogen-bond acceptors (Lipinski definition) is 5. The van der Waals surface area contributed by atoms with Gasteiger partial charge in [-0.2, -0.15) is 5.10 Å². The van der Waals surface area contributed by atoms with Crippen molar-refractivity contribution in [2.24, 2.45) is 7.05 Å². The molecule has 0 spiro atoms. The second-order valence-electron chi connectivity index (χ2n) is 3.61. The second kappa shape index (κ2) is 5.02. The van der Waals surface area contributed by atoms with Crippen molar-refractivity contribution in [1.82, 2.24) is 14.8 Å². The van der Waals surface area contributed by atoms with Crippen molar-refractivity contribution in [2.75, 3.05) is 5.32 Å². The lowest BCUT2D eigenvalue weighted by molar-refractivity contribution is -0.385. The molecule has 0 saturated carbocycles. The number of nitrogens with zero attached hydrogens (tertiary/aromatic N) is 4. The molecule has 2 aromatic rings. The molecule has 1 N–H and O–H groups in total. The third-order valence-electron chi connectivity index (χ3n) is 2.20. The smallest absolute Gasteiger partial charge is 0.287 e. The number of rotatable bonds is 3. The van der Waals surface area contributed by atoms with E-state index >= 15 is 0 Å². The zero-order valence-electron chi connectivity index (χ0n) is 9.70. The second-order valence-corrected chi connectivity index (χ2v) is 4.02. The van der Waals surface area contributed by atoms with Crippen LogP contribution in [0.25, 0.3) is 0 Å². The number of nitro groups is 1. The van der Waals surface area contributed by atoms with E-state index < -0.39 is 10.8 Å². The first kappa shape index (κ1) is 13.0. The zero-order valence-corrected chi connectivity index (χ0v) is 10.5. The Hall–Kier alpha value is -2.48. The average Bonchev–Trinajstić information content (AvgIpc) is 2.69. The van der Waals surface area contributed by atoms with Gasteiger partial charge >= 0.3 is 0 Å². The normalized spacial score (nSPS) is 10.2. The number of pyridine rings is 1. The average molecular weight is 282 g/mol. The van der Waals surface area contributed by atoms with Crippen LogP contribution in [0.5, 0.6) is 0 Å². The number of carbonyl (C=O) groups excluding carboxylic acids is 1. The summed E-state index contributed by atoms with van der Waals surface area (Å²) in [7, 11) is 1.63. The Kier molecular flexibility index (Phi) is 3.43. The highest BCUT2D eigenvalue weighted by atomic mass is 35.5. The largest absolute Gasteiger partial charge is 0.305 e. The number of aryl methyl sites for hydroxylation is 1. The SMILES string of the molecule is Cn1cc(Cl)c(C(=O)Nc2ccc([N+](=O)[O-])cn2)n1. The molecule has 2 rings (SSSR count). The minimum Gasteiger partial charge on any atom is -0.305 e. The predicted octanol–water partition coefficient (Wildman–Crippen LogP) is 1.63. The lowest BCUT2D eigenvalue weighted by atomic mass is 10.3. The van der Waals surface area contributed by atoms with E-state index in [0.29, 0.717) is 0 Å². The van der Waals surface area contributed by atoms with Gasteiger partial charge in [0, 0.05) is 19.3 Å². The maximum Gasteiger partial charge on any atom is 0.287 e. The van der Waals surface area contributed by atoms with Gasteiger partial charge in [0.15, 0.2) is 5.69 Å². The Morgan fingerprint density at radius 3 is 2.74 bits per heavy atom. The molecule has 0 aromatic carbocycles. The van der Waals surface area contributed by atoms with Gasteiger partial charge in [-0.1, -0.05) is 11.6 Å². The summed E-state index contributed by atoms with van der Waals surface area (Å²) in [5.74, 6) is -0.357. The molecule has 0 aliphatic heterocycles. The molecule has 8 nitrogen and oxygen atoms in total. The summed E-state index contributed by atoms with van der Waals surface area (Å²) in [5.41, 5.74) is -0.0989. The standard InChI is InChI=1S/C10H8ClN5O3/c1-15-5-7(11)9(14-15)10(17)13-8-3-2-6(4-12-8)16(18)19/h2-5H,1H3,(H,12,13,17). The van der Waals surface area contributed by atoms with Crippen LogP contribution < -0.4 is 5.32 Å². The fraction of sp³-hybridized carbons (Fsp3) is 0.100. The summed E-state index contributed by atoms with van der Waals surface area (Å²) in [4.78, 5) is 25.4. The van der Waals surface area contributed by atoms with Crippen molar-refractivity contribution in [1.29, 1.82) is 0 Å². The molecular formula is C10H8ClN5O3. The molecule has 0 saturated heterocycles. The highest BCUT2D eigenvalue weighted by Crippen LogP contribution is 2.16. The molecule has 0 unspecified atom stereocenters. The Morgan fingerprint density at radius 2 is 2.26 bits per heavy atom. The minimum atomic E-state index is -0.575. The van der Waals surface area contributed by atoms with Crippen LogP contribution in [0, 0.1) is 10.1 Å². The van der Waals surface area contributed by atoms with Crippen LogP contribution >= 0.6 is 11.6 Å². The predicted molar refractivity (Wildman–Crippen MR) is 67.1 cm³/mol. The van der Waals surface area contributed by atoms with E-state index in [-0.39, 0.29) is 22.2 Å². The van der Waals surface area contributed by atoms with E-state index in [1.807, 2.05) is 0 Å². The van der Waals surface area contributed by atoms with Gasteiger partial charge in [-0.25, -0.2) is 4.98 Å². The molecule has 98 valence electrons. The van der Waals surface area contributed by atoms with Crippen LogP contribution in [0.1, 0.15) is 10.5 Å². The number of halogens is 1. The molecule has 0 fully saturated rings. The molecule has 0 atom stereocenters. The van der Waals surface area contributed by atoms with Gasteiger partial charge in [-0.15, -0.1) is 0 Å². The number of hydrogen-bond donors (Lipinski definition) is 1. The fourth-order valence-electron chi connectivity index (χ4n) is 1.36. The minimum absolute atomic E-state index is 0.0596. The van der Waals surface area contributed by atoms with Gasteiger partial charge in [0.1, 0.15) is 12.0 Å². The fourth-order valence-corrected chi connectivity index (χ4v) is 1.62. The summed E-state index contributed by atoms with van der Waals surface area (Å²) >= 11 is 5.82. The van der Waals surface area contributed by atoms with E-state index in [4.69, 9.17) is 11.6 Å². The van der Waals surface area contributed by atoms with Crippen LogP contribution in [0.4, 0.5) is 11.5 Å². The van der Waals surface area contributed by atoms with Gasteiger partial charge in [0.25, 0.3) is 11.6 Å². The van der Waals surface area contributed by atoms with Crippen LogP contribution in [0.15, 0.2) is 24.5 Å².